The minimum absolute atomic E-state index is 0.293. The molecule has 0 unspecified atom stereocenters. The van der Waals surface area contributed by atoms with Gasteiger partial charge >= 0.3 is 0 Å². The van der Waals surface area contributed by atoms with Gasteiger partial charge in [-0.1, -0.05) is 0 Å². The molecule has 0 radical (unpaired) electrons. The number of hydrogen-bond donors (Lipinski definition) is 1. The molecule has 0 aliphatic carbocycles. The van der Waals surface area contributed by atoms with E-state index in [-0.39, 0.29) is 6.61 Å². The van der Waals surface area contributed by atoms with Crippen LogP contribution in [0.3, 0.4) is 0 Å². The van der Waals surface area contributed by atoms with E-state index in [1.165, 1.54) is 6.20 Å². The van der Waals surface area contributed by atoms with Crippen molar-refractivity contribution >= 4 is 26.0 Å². The highest BCUT2D eigenvalue weighted by molar-refractivity contribution is 9.10. The van der Waals surface area contributed by atoms with Gasteiger partial charge in [-0.05, 0) is 22.0 Å². The molecule has 0 saturated carbocycles. The minimum atomic E-state index is -3.30. The van der Waals surface area contributed by atoms with Crippen LogP contribution in [-0.2, 0) is 16.6 Å². The van der Waals surface area contributed by atoms with E-state index in [0.29, 0.717) is 10.2 Å². The quantitative estimate of drug-likeness (QED) is 0.838. The first-order valence-electron chi connectivity index (χ1n) is 3.13. The highest BCUT2D eigenvalue weighted by atomic mass is 79.9. The van der Waals surface area contributed by atoms with E-state index < -0.39 is 10.0 Å². The molecule has 12 heavy (non-hydrogen) atoms. The summed E-state index contributed by atoms with van der Waals surface area (Å²) in [5.74, 6) is 0. The van der Waals surface area contributed by atoms with E-state index in [4.69, 9.17) is 5.11 Å². The average molecular weight is 254 g/mol. The van der Waals surface area contributed by atoms with Crippen LogP contribution in [0.4, 0.5) is 0 Å². The summed E-state index contributed by atoms with van der Waals surface area (Å²) in [6, 6.07) is 1.56. The zero-order valence-corrected chi connectivity index (χ0v) is 8.76. The largest absolute Gasteiger partial charge is 0.390 e. The third kappa shape index (κ3) is 1.88. The topological polar surface area (TPSA) is 59.3 Å². The molecule has 0 saturated heterocycles. The standard InChI is InChI=1S/C6H8BrNO3S/c1-12(10,11)8-3-5(7)2-6(8)4-9/h2-3,9H,4H2,1H3. The molecule has 0 amide bonds. The van der Waals surface area contributed by atoms with Gasteiger partial charge in [-0.15, -0.1) is 0 Å². The Bertz CT molecular complexity index is 381. The summed E-state index contributed by atoms with van der Waals surface area (Å²) in [4.78, 5) is 0. The molecule has 0 spiro atoms. The smallest absolute Gasteiger partial charge is 0.235 e. The van der Waals surface area contributed by atoms with Gasteiger partial charge in [0, 0.05) is 10.7 Å². The second kappa shape index (κ2) is 3.20. The van der Waals surface area contributed by atoms with Crippen molar-refractivity contribution in [1.29, 1.82) is 0 Å². The zero-order chi connectivity index (χ0) is 9.35. The first-order valence-corrected chi connectivity index (χ1v) is 5.77. The average Bonchev–Trinajstić information content (AvgIpc) is 2.29. The Balaban J connectivity index is 3.33. The van der Waals surface area contributed by atoms with Gasteiger partial charge in [-0.2, -0.15) is 0 Å². The maximum absolute atomic E-state index is 11.1. The van der Waals surface area contributed by atoms with Crippen LogP contribution < -0.4 is 0 Å². The summed E-state index contributed by atoms with van der Waals surface area (Å²) in [6.45, 7) is -0.293. The van der Waals surface area contributed by atoms with Crippen LogP contribution in [0.25, 0.3) is 0 Å². The Morgan fingerprint density at radius 3 is 2.58 bits per heavy atom. The second-order valence-corrected chi connectivity index (χ2v) is 5.14. The maximum Gasteiger partial charge on any atom is 0.235 e. The molecule has 0 aromatic carbocycles. The molecule has 1 N–H and O–H groups in total. The Morgan fingerprint density at radius 2 is 2.25 bits per heavy atom. The number of halogens is 1. The van der Waals surface area contributed by atoms with Crippen LogP contribution in [0.2, 0.25) is 0 Å². The molecule has 1 aromatic rings. The van der Waals surface area contributed by atoms with Gasteiger partial charge in [0.1, 0.15) is 0 Å². The fourth-order valence-electron chi connectivity index (χ4n) is 0.879. The molecule has 0 bridgehead atoms. The summed E-state index contributed by atoms with van der Waals surface area (Å²) >= 11 is 3.12. The number of aromatic nitrogens is 1. The summed E-state index contributed by atoms with van der Waals surface area (Å²) in [5, 5.41) is 8.79. The van der Waals surface area contributed by atoms with Crippen molar-refractivity contribution in [3.63, 3.8) is 0 Å². The number of aliphatic hydroxyl groups is 1. The van der Waals surface area contributed by atoms with Crippen LogP contribution in [0, 0.1) is 0 Å². The first-order chi connectivity index (χ1) is 5.45. The van der Waals surface area contributed by atoms with Crippen molar-refractivity contribution in [1.82, 2.24) is 3.97 Å². The Hall–Kier alpha value is -0.330. The Morgan fingerprint density at radius 1 is 1.67 bits per heavy atom. The minimum Gasteiger partial charge on any atom is -0.390 e. The summed E-state index contributed by atoms with van der Waals surface area (Å²) in [7, 11) is -3.30. The van der Waals surface area contributed by atoms with Crippen molar-refractivity contribution in [3.8, 4) is 0 Å². The van der Waals surface area contributed by atoms with E-state index in [9.17, 15) is 8.42 Å². The number of rotatable bonds is 2. The fraction of sp³-hybridized carbons (Fsp3) is 0.333. The number of nitrogens with zero attached hydrogens (tertiary/aromatic N) is 1. The molecular formula is C6H8BrNO3S. The lowest BCUT2D eigenvalue weighted by Gasteiger charge is -2.02. The molecule has 0 fully saturated rings. The van der Waals surface area contributed by atoms with Gasteiger partial charge in [-0.25, -0.2) is 12.4 Å². The van der Waals surface area contributed by atoms with Crippen molar-refractivity contribution in [2.45, 2.75) is 6.61 Å². The third-order valence-electron chi connectivity index (χ3n) is 1.35. The molecular weight excluding hydrogens is 246 g/mol. The molecule has 1 heterocycles. The normalized spacial score (nSPS) is 11.9. The lowest BCUT2D eigenvalue weighted by Crippen LogP contribution is -2.11. The molecule has 0 aliphatic heterocycles. The van der Waals surface area contributed by atoms with Gasteiger partial charge in [-0.3, -0.25) is 0 Å². The number of hydrogen-bond acceptors (Lipinski definition) is 3. The highest BCUT2D eigenvalue weighted by Crippen LogP contribution is 2.16. The fourth-order valence-corrected chi connectivity index (χ4v) is 2.33. The van der Waals surface area contributed by atoms with Crippen molar-refractivity contribution in [3.05, 3.63) is 22.4 Å². The Labute approximate surface area is 79.0 Å². The molecule has 1 rings (SSSR count). The van der Waals surface area contributed by atoms with Crippen LogP contribution in [0.1, 0.15) is 5.69 Å². The van der Waals surface area contributed by atoms with Crippen molar-refractivity contribution in [2.24, 2.45) is 0 Å². The predicted octanol–water partition coefficient (Wildman–Crippen LogP) is 0.551. The van der Waals surface area contributed by atoms with Gasteiger partial charge in [0.25, 0.3) is 0 Å². The number of aliphatic hydroxyl groups excluding tert-OH is 1. The van der Waals surface area contributed by atoms with Gasteiger partial charge in [0.2, 0.25) is 10.0 Å². The molecule has 0 atom stereocenters. The van der Waals surface area contributed by atoms with Gasteiger partial charge in [0.15, 0.2) is 0 Å². The van der Waals surface area contributed by atoms with E-state index in [1.54, 1.807) is 6.07 Å². The molecule has 0 aliphatic rings. The van der Waals surface area contributed by atoms with Crippen LogP contribution in [0.5, 0.6) is 0 Å². The zero-order valence-electron chi connectivity index (χ0n) is 6.36. The second-order valence-electron chi connectivity index (χ2n) is 2.37. The van der Waals surface area contributed by atoms with E-state index in [2.05, 4.69) is 15.9 Å². The monoisotopic (exact) mass is 253 g/mol. The molecule has 1 aromatic heterocycles. The third-order valence-corrected chi connectivity index (χ3v) is 2.84. The Kier molecular flexibility index (Phi) is 2.60. The van der Waals surface area contributed by atoms with Crippen LogP contribution in [-0.4, -0.2) is 23.8 Å². The van der Waals surface area contributed by atoms with E-state index in [1.807, 2.05) is 0 Å². The van der Waals surface area contributed by atoms with Crippen molar-refractivity contribution in [2.75, 3.05) is 6.26 Å². The lowest BCUT2D eigenvalue weighted by molar-refractivity contribution is 0.276. The maximum atomic E-state index is 11.1. The first kappa shape index (κ1) is 9.76. The van der Waals surface area contributed by atoms with E-state index in [0.717, 1.165) is 10.2 Å². The highest BCUT2D eigenvalue weighted by Gasteiger charge is 2.11. The van der Waals surface area contributed by atoms with Gasteiger partial charge < -0.3 is 5.11 Å². The molecule has 4 nitrogen and oxygen atoms in total. The summed E-state index contributed by atoms with van der Waals surface area (Å²) in [6.07, 6.45) is 2.49. The lowest BCUT2D eigenvalue weighted by atomic mass is 10.5. The molecule has 6 heteroatoms. The van der Waals surface area contributed by atoms with Crippen molar-refractivity contribution < 1.29 is 13.5 Å². The summed E-state index contributed by atoms with van der Waals surface area (Å²) < 4.78 is 23.8. The molecule has 68 valence electrons. The predicted molar refractivity (Wildman–Crippen MR) is 48.3 cm³/mol. The van der Waals surface area contributed by atoms with Crippen LogP contribution in [0.15, 0.2) is 16.7 Å². The summed E-state index contributed by atoms with van der Waals surface area (Å²) in [5.41, 5.74) is 0.351. The van der Waals surface area contributed by atoms with Crippen LogP contribution >= 0.6 is 15.9 Å². The SMILES string of the molecule is CS(=O)(=O)n1cc(Br)cc1CO. The van der Waals surface area contributed by atoms with E-state index >= 15 is 0 Å². The van der Waals surface area contributed by atoms with Gasteiger partial charge in [0.05, 0.1) is 18.6 Å².